The van der Waals surface area contributed by atoms with E-state index in [2.05, 4.69) is 10.3 Å². The molecule has 0 aliphatic rings. The average molecular weight is 284 g/mol. The second kappa shape index (κ2) is 7.79. The molecule has 5 nitrogen and oxygen atoms in total. The zero-order valence-electron chi connectivity index (χ0n) is 11.5. The molecule has 1 amide bonds. The molecule has 0 atom stereocenters. The van der Waals surface area contributed by atoms with Gasteiger partial charge in [0.15, 0.2) is 0 Å². The molecule has 2 rings (SSSR count). The lowest BCUT2D eigenvalue weighted by atomic mass is 10.2. The van der Waals surface area contributed by atoms with Crippen LogP contribution in [0.25, 0.3) is 0 Å². The van der Waals surface area contributed by atoms with E-state index >= 15 is 0 Å². The Balaban J connectivity index is 1.68. The first kappa shape index (κ1) is 14.7. The third-order valence-corrected chi connectivity index (χ3v) is 2.74. The third-order valence-electron chi connectivity index (χ3n) is 2.74. The van der Waals surface area contributed by atoms with Crippen LogP contribution in [0.15, 0.2) is 54.9 Å². The number of pyridine rings is 1. The molecule has 1 heterocycles. The molecule has 0 radical (unpaired) electrons. The van der Waals surface area contributed by atoms with Crippen molar-refractivity contribution in [3.63, 3.8) is 0 Å². The molecule has 0 aliphatic carbocycles. The molecule has 1 aromatic carbocycles. The number of nitrogens with one attached hydrogen (secondary N) is 1. The Labute approximate surface area is 123 Å². The van der Waals surface area contributed by atoms with Crippen LogP contribution in [0.2, 0.25) is 0 Å². The summed E-state index contributed by atoms with van der Waals surface area (Å²) in [4.78, 5) is 27.1. The van der Waals surface area contributed by atoms with Gasteiger partial charge < -0.3 is 10.1 Å². The number of carbonyl (C=O) groups excluding carboxylic acids is 2. The van der Waals surface area contributed by atoms with Gasteiger partial charge in [0, 0.05) is 12.6 Å². The van der Waals surface area contributed by atoms with Gasteiger partial charge >= 0.3 is 5.97 Å². The van der Waals surface area contributed by atoms with E-state index in [9.17, 15) is 9.59 Å². The molecule has 0 bridgehead atoms. The van der Waals surface area contributed by atoms with E-state index in [0.29, 0.717) is 5.69 Å². The van der Waals surface area contributed by atoms with Crippen LogP contribution >= 0.6 is 0 Å². The van der Waals surface area contributed by atoms with Crippen LogP contribution in [0.1, 0.15) is 18.4 Å². The van der Waals surface area contributed by atoms with E-state index in [1.807, 2.05) is 30.3 Å². The number of amides is 1. The Kier molecular flexibility index (Phi) is 5.46. The Bertz CT molecular complexity index is 585. The van der Waals surface area contributed by atoms with Crippen LogP contribution in [0, 0.1) is 0 Å². The number of nitrogens with zero attached hydrogens (tertiary/aromatic N) is 1. The molecular weight excluding hydrogens is 268 g/mol. The summed E-state index contributed by atoms with van der Waals surface area (Å²) < 4.78 is 5.10. The van der Waals surface area contributed by atoms with Crippen molar-refractivity contribution in [2.75, 3.05) is 5.32 Å². The number of hydrogen-bond acceptors (Lipinski definition) is 4. The highest BCUT2D eigenvalue weighted by Crippen LogP contribution is 2.06. The van der Waals surface area contributed by atoms with E-state index in [-0.39, 0.29) is 31.3 Å². The molecule has 2 aromatic rings. The minimum atomic E-state index is -0.389. The summed E-state index contributed by atoms with van der Waals surface area (Å²) in [6, 6.07) is 12.9. The summed E-state index contributed by atoms with van der Waals surface area (Å²) in [6.07, 6.45) is 3.31. The molecule has 0 unspecified atom stereocenters. The van der Waals surface area contributed by atoms with Gasteiger partial charge in [-0.1, -0.05) is 30.3 Å². The monoisotopic (exact) mass is 284 g/mol. The van der Waals surface area contributed by atoms with Crippen LogP contribution in [0.4, 0.5) is 5.69 Å². The first-order valence-corrected chi connectivity index (χ1v) is 6.63. The maximum Gasteiger partial charge on any atom is 0.306 e. The molecule has 5 heteroatoms. The largest absolute Gasteiger partial charge is 0.461 e. The SMILES string of the molecule is O=C(CCC(=O)OCc1ccccc1)Nc1cccnc1. The number of benzene rings is 1. The summed E-state index contributed by atoms with van der Waals surface area (Å²) in [5.41, 5.74) is 1.53. The van der Waals surface area contributed by atoms with Gasteiger partial charge in [-0.25, -0.2) is 0 Å². The van der Waals surface area contributed by atoms with Crippen molar-refractivity contribution in [2.24, 2.45) is 0 Å². The lowest BCUT2D eigenvalue weighted by Gasteiger charge is -2.06. The minimum Gasteiger partial charge on any atom is -0.461 e. The Hall–Kier alpha value is -2.69. The van der Waals surface area contributed by atoms with E-state index < -0.39 is 0 Å². The topological polar surface area (TPSA) is 68.3 Å². The van der Waals surface area contributed by atoms with E-state index in [4.69, 9.17) is 4.74 Å². The number of aromatic nitrogens is 1. The number of rotatable bonds is 6. The molecule has 1 aromatic heterocycles. The normalized spacial score (nSPS) is 9.90. The number of anilines is 1. The van der Waals surface area contributed by atoms with Crippen molar-refractivity contribution >= 4 is 17.6 Å². The predicted octanol–water partition coefficient (Wildman–Crippen LogP) is 2.54. The maximum atomic E-state index is 11.6. The zero-order chi connectivity index (χ0) is 14.9. The highest BCUT2D eigenvalue weighted by atomic mass is 16.5. The highest BCUT2D eigenvalue weighted by Gasteiger charge is 2.08. The van der Waals surface area contributed by atoms with Gasteiger partial charge in [-0.3, -0.25) is 14.6 Å². The first-order valence-electron chi connectivity index (χ1n) is 6.63. The van der Waals surface area contributed by atoms with Crippen LogP contribution in [-0.4, -0.2) is 16.9 Å². The van der Waals surface area contributed by atoms with E-state index in [0.717, 1.165) is 5.56 Å². The Morgan fingerprint density at radius 3 is 2.57 bits per heavy atom. The summed E-state index contributed by atoms with van der Waals surface area (Å²) in [5, 5.41) is 2.66. The fraction of sp³-hybridized carbons (Fsp3) is 0.188. The number of esters is 1. The second-order valence-electron chi connectivity index (χ2n) is 4.44. The van der Waals surface area contributed by atoms with Crippen molar-refractivity contribution < 1.29 is 14.3 Å². The number of ether oxygens (including phenoxy) is 1. The standard InChI is InChI=1S/C16H16N2O3/c19-15(18-14-7-4-10-17-11-14)8-9-16(20)21-12-13-5-2-1-3-6-13/h1-7,10-11H,8-9,12H2,(H,18,19). The number of hydrogen-bond donors (Lipinski definition) is 1. The van der Waals surface area contributed by atoms with Crippen molar-refractivity contribution in [1.29, 1.82) is 0 Å². The lowest BCUT2D eigenvalue weighted by molar-refractivity contribution is -0.145. The van der Waals surface area contributed by atoms with Crippen LogP contribution < -0.4 is 5.32 Å². The fourth-order valence-corrected chi connectivity index (χ4v) is 1.69. The van der Waals surface area contributed by atoms with Gasteiger partial charge in [-0.15, -0.1) is 0 Å². The second-order valence-corrected chi connectivity index (χ2v) is 4.44. The van der Waals surface area contributed by atoms with Crippen LogP contribution in [0.3, 0.4) is 0 Å². The highest BCUT2D eigenvalue weighted by molar-refractivity contribution is 5.92. The molecule has 0 aliphatic heterocycles. The number of carbonyl (C=O) groups is 2. The predicted molar refractivity (Wildman–Crippen MR) is 78.3 cm³/mol. The van der Waals surface area contributed by atoms with Crippen molar-refractivity contribution in [1.82, 2.24) is 4.98 Å². The first-order chi connectivity index (χ1) is 10.2. The fourth-order valence-electron chi connectivity index (χ4n) is 1.69. The smallest absolute Gasteiger partial charge is 0.306 e. The minimum absolute atomic E-state index is 0.0545. The van der Waals surface area contributed by atoms with Crippen molar-refractivity contribution in [2.45, 2.75) is 19.4 Å². The average Bonchev–Trinajstić information content (AvgIpc) is 2.53. The molecule has 0 spiro atoms. The molecule has 0 saturated heterocycles. The van der Waals surface area contributed by atoms with Gasteiger partial charge in [-0.05, 0) is 17.7 Å². The van der Waals surface area contributed by atoms with Gasteiger partial charge in [0.2, 0.25) is 5.91 Å². The van der Waals surface area contributed by atoms with E-state index in [1.165, 1.54) is 0 Å². The summed E-state index contributed by atoms with van der Waals surface area (Å²) in [5.74, 6) is -0.625. The van der Waals surface area contributed by atoms with Gasteiger partial charge in [-0.2, -0.15) is 0 Å². The van der Waals surface area contributed by atoms with Crippen molar-refractivity contribution in [3.05, 3.63) is 60.4 Å². The summed E-state index contributed by atoms with van der Waals surface area (Å²) in [6.45, 7) is 0.226. The van der Waals surface area contributed by atoms with Gasteiger partial charge in [0.25, 0.3) is 0 Å². The lowest BCUT2D eigenvalue weighted by Crippen LogP contribution is -2.14. The van der Waals surface area contributed by atoms with Crippen molar-refractivity contribution in [3.8, 4) is 0 Å². The molecule has 0 fully saturated rings. The van der Waals surface area contributed by atoms with Crippen LogP contribution in [-0.2, 0) is 20.9 Å². The summed E-state index contributed by atoms with van der Waals surface area (Å²) in [7, 11) is 0. The quantitative estimate of drug-likeness (QED) is 0.828. The molecule has 0 saturated carbocycles. The molecule has 108 valence electrons. The third kappa shape index (κ3) is 5.44. The van der Waals surface area contributed by atoms with Gasteiger partial charge in [0.1, 0.15) is 6.61 Å². The molecular formula is C16H16N2O3. The van der Waals surface area contributed by atoms with E-state index in [1.54, 1.807) is 24.5 Å². The molecule has 1 N–H and O–H groups in total. The Morgan fingerprint density at radius 1 is 1.05 bits per heavy atom. The van der Waals surface area contributed by atoms with Crippen LogP contribution in [0.5, 0.6) is 0 Å². The zero-order valence-corrected chi connectivity index (χ0v) is 11.5. The summed E-state index contributed by atoms with van der Waals surface area (Å²) >= 11 is 0. The Morgan fingerprint density at radius 2 is 1.86 bits per heavy atom. The van der Waals surface area contributed by atoms with Gasteiger partial charge in [0.05, 0.1) is 18.3 Å². The molecule has 21 heavy (non-hydrogen) atoms. The maximum absolute atomic E-state index is 11.6.